The largest absolute Gasteiger partial charge is 0.440 e. The van der Waals surface area contributed by atoms with Crippen molar-refractivity contribution in [3.05, 3.63) is 88.0 Å². The highest BCUT2D eigenvalue weighted by Crippen LogP contribution is 2.44. The van der Waals surface area contributed by atoms with Crippen LogP contribution in [0.15, 0.2) is 86.7 Å². The molecular formula is C27H29N3OS2. The molecule has 0 aromatic heterocycles. The molecular weight excluding hydrogens is 446 g/mol. The molecule has 0 aliphatic carbocycles. The molecule has 0 bridgehead atoms. The third-order valence-corrected chi connectivity index (χ3v) is 7.69. The lowest BCUT2D eigenvalue weighted by molar-refractivity contribution is 0.208. The van der Waals surface area contributed by atoms with Gasteiger partial charge in [0.1, 0.15) is 17.4 Å². The Balaban J connectivity index is 1.84. The van der Waals surface area contributed by atoms with Crippen molar-refractivity contribution in [2.24, 2.45) is 5.73 Å². The molecule has 6 heteroatoms. The van der Waals surface area contributed by atoms with Gasteiger partial charge in [0.2, 0.25) is 5.88 Å². The fourth-order valence-corrected chi connectivity index (χ4v) is 5.16. The van der Waals surface area contributed by atoms with Gasteiger partial charge in [0.05, 0.1) is 5.92 Å². The van der Waals surface area contributed by atoms with E-state index < -0.39 is 0 Å². The lowest BCUT2D eigenvalue weighted by atomic mass is 9.80. The Kier molecular flexibility index (Phi) is 7.23. The summed E-state index contributed by atoms with van der Waals surface area (Å²) in [6, 6.07) is 19.7. The first-order valence-electron chi connectivity index (χ1n) is 11.0. The summed E-state index contributed by atoms with van der Waals surface area (Å²) in [4.78, 5) is 4.85. The summed E-state index contributed by atoms with van der Waals surface area (Å²) in [5.74, 6) is 0.812. The van der Waals surface area contributed by atoms with Gasteiger partial charge in [-0.05, 0) is 73.4 Å². The molecule has 4 rings (SSSR count). The highest BCUT2D eigenvalue weighted by atomic mass is 32.2. The first-order valence-corrected chi connectivity index (χ1v) is 13.4. The van der Waals surface area contributed by atoms with Crippen molar-refractivity contribution in [1.29, 1.82) is 5.26 Å². The van der Waals surface area contributed by atoms with Gasteiger partial charge in [0.15, 0.2) is 0 Å². The third-order valence-electron chi connectivity index (χ3n) is 6.20. The van der Waals surface area contributed by atoms with Gasteiger partial charge in [0.25, 0.3) is 0 Å². The Morgan fingerprint density at radius 3 is 2.18 bits per heavy atom. The number of rotatable bonds is 5. The Bertz CT molecular complexity index is 1160. The molecule has 0 amide bonds. The average molecular weight is 476 g/mol. The van der Waals surface area contributed by atoms with Crippen molar-refractivity contribution in [2.75, 3.05) is 25.6 Å². The van der Waals surface area contributed by atoms with E-state index in [1.165, 1.54) is 9.79 Å². The minimum atomic E-state index is -0.210. The van der Waals surface area contributed by atoms with Crippen molar-refractivity contribution >= 4 is 29.6 Å². The maximum Gasteiger partial charge on any atom is 0.205 e. The van der Waals surface area contributed by atoms with Gasteiger partial charge in [-0.15, -0.1) is 23.5 Å². The zero-order valence-electron chi connectivity index (χ0n) is 19.5. The highest BCUT2D eigenvalue weighted by Gasteiger charge is 2.38. The summed E-state index contributed by atoms with van der Waals surface area (Å²) >= 11 is 3.44. The molecule has 0 fully saturated rings. The molecule has 2 aromatic carbocycles. The van der Waals surface area contributed by atoms with Crippen LogP contribution in [0, 0.1) is 11.3 Å². The van der Waals surface area contributed by atoms with Crippen LogP contribution in [0.1, 0.15) is 30.9 Å². The number of benzene rings is 2. The van der Waals surface area contributed by atoms with Crippen LogP contribution in [-0.2, 0) is 4.74 Å². The average Bonchev–Trinajstić information content (AvgIpc) is 2.84. The summed E-state index contributed by atoms with van der Waals surface area (Å²) in [7, 11) is 0. The van der Waals surface area contributed by atoms with E-state index in [1.807, 2.05) is 0 Å². The molecule has 2 aliphatic heterocycles. The first-order chi connectivity index (χ1) is 15.9. The smallest absolute Gasteiger partial charge is 0.205 e. The number of nitrogens with two attached hydrogens (primary N) is 1. The van der Waals surface area contributed by atoms with Crippen LogP contribution in [0.3, 0.4) is 0 Å². The number of allylic oxidation sites excluding steroid dienone is 1. The fourth-order valence-electron chi connectivity index (χ4n) is 4.34. The van der Waals surface area contributed by atoms with Crippen LogP contribution >= 0.6 is 23.5 Å². The van der Waals surface area contributed by atoms with Gasteiger partial charge in [-0.2, -0.15) is 5.26 Å². The summed E-state index contributed by atoms with van der Waals surface area (Å²) in [5, 5.41) is 9.98. The van der Waals surface area contributed by atoms with Crippen molar-refractivity contribution in [3.63, 3.8) is 0 Å². The summed E-state index contributed by atoms with van der Waals surface area (Å²) in [6.45, 7) is 5.92. The van der Waals surface area contributed by atoms with E-state index in [4.69, 9.17) is 10.5 Å². The Morgan fingerprint density at radius 2 is 1.64 bits per heavy atom. The van der Waals surface area contributed by atoms with Crippen molar-refractivity contribution in [3.8, 4) is 6.07 Å². The maximum atomic E-state index is 9.98. The van der Waals surface area contributed by atoms with E-state index in [0.717, 1.165) is 41.1 Å². The van der Waals surface area contributed by atoms with Crippen LogP contribution in [0.4, 0.5) is 0 Å². The van der Waals surface area contributed by atoms with Crippen LogP contribution in [0.2, 0.25) is 0 Å². The molecule has 0 saturated heterocycles. The van der Waals surface area contributed by atoms with E-state index in [2.05, 4.69) is 91.9 Å². The van der Waals surface area contributed by atoms with E-state index in [0.29, 0.717) is 11.6 Å². The number of hydrogen-bond acceptors (Lipinski definition) is 6. The molecule has 1 atom stereocenters. The quantitative estimate of drug-likeness (QED) is 0.535. The SMILES string of the molecule is CSc1ccc(/C=C2\CN(C(C)C)CC3=C2OC(N)=C(C#N)C3c2ccc(SC)cc2)cc1. The second kappa shape index (κ2) is 10.1. The lowest BCUT2D eigenvalue weighted by Gasteiger charge is -2.40. The second-order valence-electron chi connectivity index (χ2n) is 8.49. The standard InChI is InChI=1S/C27H29N3OS2/c1-17(2)30-15-20(13-18-5-9-21(32-3)10-6-18)26-24(16-30)25(23(14-28)27(29)31-26)19-7-11-22(33-4)12-8-19/h5-13,17,25H,15-16,29H2,1-4H3/b20-13+. The molecule has 0 spiro atoms. The maximum absolute atomic E-state index is 9.98. The molecule has 2 heterocycles. The minimum Gasteiger partial charge on any atom is -0.440 e. The van der Waals surface area contributed by atoms with Crippen LogP contribution in [0.25, 0.3) is 6.08 Å². The second-order valence-corrected chi connectivity index (χ2v) is 10.3. The molecule has 2 N–H and O–H groups in total. The summed E-state index contributed by atoms with van der Waals surface area (Å²) < 4.78 is 6.16. The highest BCUT2D eigenvalue weighted by molar-refractivity contribution is 7.98. The van der Waals surface area contributed by atoms with Crippen molar-refractivity contribution in [1.82, 2.24) is 4.90 Å². The van der Waals surface area contributed by atoms with Gasteiger partial charge in [-0.25, -0.2) is 0 Å². The van der Waals surface area contributed by atoms with Crippen LogP contribution < -0.4 is 5.73 Å². The van der Waals surface area contributed by atoms with Gasteiger partial charge in [-0.3, -0.25) is 4.90 Å². The van der Waals surface area contributed by atoms with E-state index in [1.54, 1.807) is 23.5 Å². The van der Waals surface area contributed by atoms with E-state index >= 15 is 0 Å². The number of nitriles is 1. The predicted molar refractivity (Wildman–Crippen MR) is 139 cm³/mol. The summed E-state index contributed by atoms with van der Waals surface area (Å²) in [5.41, 5.74) is 11.2. The monoisotopic (exact) mass is 475 g/mol. The molecule has 0 saturated carbocycles. The van der Waals surface area contributed by atoms with Crippen molar-refractivity contribution in [2.45, 2.75) is 35.6 Å². The zero-order valence-corrected chi connectivity index (χ0v) is 21.1. The van der Waals surface area contributed by atoms with E-state index in [9.17, 15) is 5.26 Å². The molecule has 0 radical (unpaired) electrons. The van der Waals surface area contributed by atoms with Crippen LogP contribution in [0.5, 0.6) is 0 Å². The van der Waals surface area contributed by atoms with Gasteiger partial charge in [0, 0.05) is 34.5 Å². The molecule has 1 unspecified atom stereocenters. The molecule has 170 valence electrons. The topological polar surface area (TPSA) is 62.3 Å². The van der Waals surface area contributed by atoms with Crippen molar-refractivity contribution < 1.29 is 4.74 Å². The normalized spacial score (nSPS) is 20.1. The van der Waals surface area contributed by atoms with E-state index in [-0.39, 0.29) is 11.8 Å². The number of ether oxygens (including phenoxy) is 1. The molecule has 33 heavy (non-hydrogen) atoms. The zero-order chi connectivity index (χ0) is 23.5. The molecule has 2 aliphatic rings. The Morgan fingerprint density at radius 1 is 1.03 bits per heavy atom. The summed E-state index contributed by atoms with van der Waals surface area (Å²) in [6.07, 6.45) is 6.33. The number of thioether (sulfide) groups is 2. The molecule has 4 nitrogen and oxygen atoms in total. The van der Waals surface area contributed by atoms with Gasteiger partial charge < -0.3 is 10.5 Å². The van der Waals surface area contributed by atoms with Crippen LogP contribution in [-0.4, -0.2) is 36.5 Å². The lowest BCUT2D eigenvalue weighted by Crippen LogP contribution is -2.41. The number of nitrogens with zero attached hydrogens (tertiary/aromatic N) is 2. The Hall–Kier alpha value is -2.59. The molecule has 2 aromatic rings. The minimum absolute atomic E-state index is 0.205. The number of hydrogen-bond donors (Lipinski definition) is 1. The van der Waals surface area contributed by atoms with Gasteiger partial charge in [-0.1, -0.05) is 24.3 Å². The predicted octanol–water partition coefficient (Wildman–Crippen LogP) is 6.00. The Labute approximate surface area is 205 Å². The third kappa shape index (κ3) is 4.86. The fraction of sp³-hybridized carbons (Fsp3) is 0.296. The van der Waals surface area contributed by atoms with Gasteiger partial charge >= 0.3 is 0 Å². The first kappa shape index (κ1) is 23.6.